The zero-order valence-corrected chi connectivity index (χ0v) is 11.9. The lowest BCUT2D eigenvalue weighted by atomic mass is 10.0. The van der Waals surface area contributed by atoms with Crippen LogP contribution >= 0.6 is 0 Å². The fourth-order valence-electron chi connectivity index (χ4n) is 2.77. The average Bonchev–Trinajstić information content (AvgIpc) is 2.60. The van der Waals surface area contributed by atoms with Crippen molar-refractivity contribution in [2.24, 2.45) is 5.41 Å². The molecular formula is C16H25N. The van der Waals surface area contributed by atoms with Gasteiger partial charge in [0.15, 0.2) is 0 Å². The Morgan fingerprint density at radius 1 is 1.29 bits per heavy atom. The van der Waals surface area contributed by atoms with E-state index in [-0.39, 0.29) is 11.0 Å². The van der Waals surface area contributed by atoms with Crippen LogP contribution in [0.4, 0.5) is 0 Å². The highest BCUT2D eigenvalue weighted by Crippen LogP contribution is 2.64. The van der Waals surface area contributed by atoms with E-state index < -0.39 is 0 Å². The van der Waals surface area contributed by atoms with Crippen LogP contribution in [-0.4, -0.2) is 16.5 Å². The van der Waals surface area contributed by atoms with E-state index in [0.29, 0.717) is 6.04 Å². The van der Waals surface area contributed by atoms with Crippen molar-refractivity contribution >= 4 is 0 Å². The van der Waals surface area contributed by atoms with Crippen LogP contribution in [0.25, 0.3) is 0 Å². The molecule has 1 saturated carbocycles. The predicted octanol–water partition coefficient (Wildman–Crippen LogP) is 4.31. The van der Waals surface area contributed by atoms with Crippen LogP contribution in [0.1, 0.15) is 34.6 Å². The van der Waals surface area contributed by atoms with Crippen LogP contribution in [0, 0.1) is 5.41 Å². The third kappa shape index (κ3) is 1.88. The van der Waals surface area contributed by atoms with Crippen LogP contribution in [0.2, 0.25) is 0 Å². The van der Waals surface area contributed by atoms with E-state index in [1.165, 1.54) is 5.57 Å². The van der Waals surface area contributed by atoms with E-state index in [0.717, 1.165) is 5.70 Å². The summed E-state index contributed by atoms with van der Waals surface area (Å²) in [7, 11) is 0. The van der Waals surface area contributed by atoms with Crippen molar-refractivity contribution < 1.29 is 0 Å². The molecule has 0 aromatic heterocycles. The Labute approximate surface area is 106 Å². The lowest BCUT2D eigenvalue weighted by Crippen LogP contribution is -2.42. The predicted molar refractivity (Wildman–Crippen MR) is 76.8 cm³/mol. The third-order valence-corrected chi connectivity index (χ3v) is 4.23. The van der Waals surface area contributed by atoms with Gasteiger partial charge in [0, 0.05) is 17.2 Å². The number of hydrogen-bond donors (Lipinski definition) is 0. The van der Waals surface area contributed by atoms with Gasteiger partial charge >= 0.3 is 0 Å². The van der Waals surface area contributed by atoms with E-state index in [4.69, 9.17) is 0 Å². The van der Waals surface area contributed by atoms with Crippen LogP contribution < -0.4 is 0 Å². The fourth-order valence-corrected chi connectivity index (χ4v) is 2.77. The summed E-state index contributed by atoms with van der Waals surface area (Å²) in [4.78, 5) is 2.36. The zero-order chi connectivity index (χ0) is 13.4. The second-order valence-electron chi connectivity index (χ2n) is 5.73. The molecule has 1 nitrogen and oxygen atoms in total. The second kappa shape index (κ2) is 4.21. The summed E-state index contributed by atoms with van der Waals surface area (Å²) >= 11 is 0. The molecule has 17 heavy (non-hydrogen) atoms. The van der Waals surface area contributed by atoms with Crippen LogP contribution in [0.3, 0.4) is 0 Å². The van der Waals surface area contributed by atoms with Gasteiger partial charge in [-0.3, -0.25) is 0 Å². The maximum Gasteiger partial charge on any atom is 0.0680 e. The highest BCUT2D eigenvalue weighted by Gasteiger charge is 2.65. The van der Waals surface area contributed by atoms with Crippen molar-refractivity contribution in [3.63, 3.8) is 0 Å². The normalized spacial score (nSPS) is 26.4. The number of allylic oxidation sites excluding steroid dienone is 3. The maximum atomic E-state index is 4.21. The van der Waals surface area contributed by atoms with E-state index in [1.807, 2.05) is 12.2 Å². The van der Waals surface area contributed by atoms with Gasteiger partial charge in [-0.15, -0.1) is 0 Å². The molecule has 1 unspecified atom stereocenters. The van der Waals surface area contributed by atoms with Crippen molar-refractivity contribution in [3.05, 3.63) is 49.2 Å². The van der Waals surface area contributed by atoms with Crippen LogP contribution in [-0.2, 0) is 0 Å². The van der Waals surface area contributed by atoms with Crippen molar-refractivity contribution in [1.29, 1.82) is 0 Å². The Bertz CT molecular complexity index is 384. The molecule has 1 atom stereocenters. The number of hydrogen-bond acceptors (Lipinski definition) is 1. The number of nitrogens with zero attached hydrogens (tertiary/aromatic N) is 1. The average molecular weight is 231 g/mol. The first-order chi connectivity index (χ1) is 7.71. The minimum atomic E-state index is 0.0176. The van der Waals surface area contributed by atoms with Crippen molar-refractivity contribution in [1.82, 2.24) is 4.90 Å². The molecule has 1 rings (SSSR count). The van der Waals surface area contributed by atoms with Gasteiger partial charge in [-0.2, -0.15) is 0 Å². The second-order valence-corrected chi connectivity index (χ2v) is 5.73. The van der Waals surface area contributed by atoms with E-state index in [1.54, 1.807) is 6.08 Å². The molecular weight excluding hydrogens is 206 g/mol. The molecule has 0 amide bonds. The minimum Gasteiger partial charge on any atom is -0.360 e. The van der Waals surface area contributed by atoms with Gasteiger partial charge in [-0.05, 0) is 32.4 Å². The first-order valence-electron chi connectivity index (χ1n) is 6.18. The maximum absolute atomic E-state index is 4.21. The summed E-state index contributed by atoms with van der Waals surface area (Å²) in [5, 5.41) is 0. The Morgan fingerprint density at radius 3 is 2.06 bits per heavy atom. The van der Waals surface area contributed by atoms with Gasteiger partial charge in [-0.25, -0.2) is 0 Å². The molecule has 0 bridgehead atoms. The first kappa shape index (κ1) is 13.8. The van der Waals surface area contributed by atoms with E-state index in [2.05, 4.69) is 59.3 Å². The molecule has 1 fully saturated rings. The van der Waals surface area contributed by atoms with Gasteiger partial charge in [0.25, 0.3) is 0 Å². The molecule has 1 heteroatoms. The van der Waals surface area contributed by atoms with Crippen molar-refractivity contribution in [2.75, 3.05) is 0 Å². The molecule has 0 heterocycles. The number of rotatable bonds is 5. The van der Waals surface area contributed by atoms with Crippen LogP contribution in [0.5, 0.6) is 0 Å². The summed E-state index contributed by atoms with van der Waals surface area (Å²) in [5.74, 6) is 0. The summed E-state index contributed by atoms with van der Waals surface area (Å²) in [6.45, 7) is 23.2. The summed E-state index contributed by atoms with van der Waals surface area (Å²) in [6.07, 6.45) is 5.72. The minimum absolute atomic E-state index is 0.0176. The Hall–Kier alpha value is -1.24. The quantitative estimate of drug-likeness (QED) is 0.503. The molecule has 0 radical (unpaired) electrons. The standard InChI is InChI=1S/C16H25N/c1-9-10-11-13(4)17(12(2)3)16(8)14(5)15(16,6)7/h9-12H,1,4-5H2,2-3,6-8H3/b11-10-. The fraction of sp³-hybridized carbons (Fsp3) is 0.500. The van der Waals surface area contributed by atoms with Gasteiger partial charge < -0.3 is 4.90 Å². The molecule has 94 valence electrons. The summed E-state index contributed by atoms with van der Waals surface area (Å²) in [5.41, 5.74) is 2.48. The first-order valence-corrected chi connectivity index (χ1v) is 6.18. The molecule has 0 aromatic rings. The van der Waals surface area contributed by atoms with Gasteiger partial charge in [0.05, 0.1) is 5.54 Å². The molecule has 0 saturated heterocycles. The monoisotopic (exact) mass is 231 g/mol. The SMILES string of the molecule is C=C/C=C\C(=C)N(C(C)C)C1(C)C(=C)C1(C)C. The smallest absolute Gasteiger partial charge is 0.0680 e. The van der Waals surface area contributed by atoms with Gasteiger partial charge in [0.2, 0.25) is 0 Å². The molecule has 0 N–H and O–H groups in total. The molecule has 0 aliphatic heterocycles. The molecule has 0 spiro atoms. The molecule has 1 aliphatic carbocycles. The lowest BCUT2D eigenvalue weighted by molar-refractivity contribution is 0.177. The third-order valence-electron chi connectivity index (χ3n) is 4.23. The Kier molecular flexibility index (Phi) is 3.42. The van der Waals surface area contributed by atoms with Crippen LogP contribution in [0.15, 0.2) is 49.2 Å². The lowest BCUT2D eigenvalue weighted by Gasteiger charge is -2.37. The highest BCUT2D eigenvalue weighted by molar-refractivity contribution is 5.49. The Morgan fingerprint density at radius 2 is 1.76 bits per heavy atom. The van der Waals surface area contributed by atoms with Crippen molar-refractivity contribution in [3.8, 4) is 0 Å². The molecule has 0 aromatic carbocycles. The van der Waals surface area contributed by atoms with Crippen molar-refractivity contribution in [2.45, 2.75) is 46.2 Å². The molecule has 1 aliphatic rings. The zero-order valence-electron chi connectivity index (χ0n) is 11.9. The topological polar surface area (TPSA) is 3.24 Å². The largest absolute Gasteiger partial charge is 0.360 e. The Balaban J connectivity index is 3.05. The summed E-state index contributed by atoms with van der Waals surface area (Å²) in [6, 6.07) is 0.403. The van der Waals surface area contributed by atoms with E-state index >= 15 is 0 Å². The highest BCUT2D eigenvalue weighted by atomic mass is 15.3. The summed E-state index contributed by atoms with van der Waals surface area (Å²) < 4.78 is 0. The van der Waals surface area contributed by atoms with E-state index in [9.17, 15) is 0 Å². The van der Waals surface area contributed by atoms with Gasteiger partial charge in [0.1, 0.15) is 0 Å². The van der Waals surface area contributed by atoms with Gasteiger partial charge in [-0.1, -0.05) is 45.7 Å².